The van der Waals surface area contributed by atoms with E-state index in [-0.39, 0.29) is 36.0 Å². The molecule has 0 atom stereocenters. The minimum atomic E-state index is -5.03. The van der Waals surface area contributed by atoms with Crippen molar-refractivity contribution in [1.29, 1.82) is 0 Å². The Morgan fingerprint density at radius 3 is 1.69 bits per heavy atom. The third kappa shape index (κ3) is 5.63. The molecule has 1 aliphatic rings. The van der Waals surface area contributed by atoms with Gasteiger partial charge in [-0.15, -0.1) is 0 Å². The van der Waals surface area contributed by atoms with Crippen molar-refractivity contribution < 1.29 is 35.1 Å². The number of halogens is 7. The minimum absolute atomic E-state index is 0.0160. The highest BCUT2D eigenvalue weighted by Gasteiger charge is 2.42. The summed E-state index contributed by atoms with van der Waals surface area (Å²) in [5.41, 5.74) is 1.49. The Bertz CT molecular complexity index is 2110. The Labute approximate surface area is 270 Å². The number of amidine groups is 1. The van der Waals surface area contributed by atoms with Crippen LogP contribution < -0.4 is 14.7 Å². The van der Waals surface area contributed by atoms with E-state index < -0.39 is 28.9 Å². The van der Waals surface area contributed by atoms with Gasteiger partial charge < -0.3 is 10.2 Å². The van der Waals surface area contributed by atoms with Crippen molar-refractivity contribution in [2.24, 2.45) is 4.99 Å². The van der Waals surface area contributed by atoms with Gasteiger partial charge in [0, 0.05) is 39.5 Å². The molecule has 1 radical (unpaired) electrons. The number of anilines is 4. The number of nitrogens with zero attached hydrogens (tertiary/aromatic N) is 3. The molecule has 0 aliphatic carbocycles. The lowest BCUT2D eigenvalue weighted by atomic mass is 9.95. The van der Waals surface area contributed by atoms with Crippen LogP contribution in [0.1, 0.15) is 16.7 Å². The van der Waals surface area contributed by atoms with E-state index in [1.54, 1.807) is 6.07 Å². The molecule has 1 N–H and O–H groups in total. The number of nitrogens with one attached hydrogen (secondary N) is 1. The van der Waals surface area contributed by atoms with E-state index in [1.165, 1.54) is 12.3 Å². The summed E-state index contributed by atoms with van der Waals surface area (Å²) in [7, 11) is 0.274. The maximum Gasteiger partial charge on any atom is 0.640 e. The molecule has 0 saturated heterocycles. The Morgan fingerprint density at radius 1 is 0.583 bits per heavy atom. The van der Waals surface area contributed by atoms with Gasteiger partial charge in [0.05, 0.1) is 28.6 Å². The average Bonchev–Trinajstić information content (AvgIpc) is 3.43. The molecular formula is C36H22BF7N4+. The number of aliphatic imine (C=N–C) groups is 1. The summed E-state index contributed by atoms with van der Waals surface area (Å²) in [6.45, 7) is 0. The molecule has 7 rings (SSSR count). The SMILES string of the molecule is F[B][n+]1cc(-c2ccc(N(c3ccccc3)c3ccccc3)cc2)ccc1N=C1Nc2ccc(C(F)(F)F)c3c(C(F)(F)F)ccc1c23. The van der Waals surface area contributed by atoms with E-state index in [1.807, 2.05) is 84.9 Å². The second kappa shape index (κ2) is 11.9. The van der Waals surface area contributed by atoms with Crippen molar-refractivity contribution >= 4 is 52.9 Å². The minimum Gasteiger partial charge on any atom is -0.318 e. The second-order valence-corrected chi connectivity index (χ2v) is 11.0. The van der Waals surface area contributed by atoms with Gasteiger partial charge in [0.25, 0.3) is 5.84 Å². The third-order valence-electron chi connectivity index (χ3n) is 8.05. The molecule has 0 bridgehead atoms. The molecule has 12 heteroatoms. The monoisotopic (exact) mass is 654 g/mol. The van der Waals surface area contributed by atoms with Crippen LogP contribution in [0, 0.1) is 0 Å². The molecule has 0 saturated carbocycles. The zero-order chi connectivity index (χ0) is 33.6. The van der Waals surface area contributed by atoms with Crippen LogP contribution in [0.15, 0.2) is 133 Å². The van der Waals surface area contributed by atoms with Crippen molar-refractivity contribution in [3.63, 3.8) is 0 Å². The molecule has 4 nitrogen and oxygen atoms in total. The van der Waals surface area contributed by atoms with Crippen LogP contribution >= 0.6 is 0 Å². The molecule has 0 amide bonds. The Hall–Kier alpha value is -5.65. The Kier molecular flexibility index (Phi) is 7.65. The molecule has 0 spiro atoms. The lowest BCUT2D eigenvalue weighted by Gasteiger charge is -2.25. The van der Waals surface area contributed by atoms with Crippen molar-refractivity contribution in [2.45, 2.75) is 12.4 Å². The van der Waals surface area contributed by atoms with Crippen LogP contribution in [-0.2, 0) is 12.4 Å². The maximum atomic E-state index is 14.3. The van der Waals surface area contributed by atoms with E-state index in [0.717, 1.165) is 39.2 Å². The summed E-state index contributed by atoms with van der Waals surface area (Å²) in [4.78, 5) is 6.52. The van der Waals surface area contributed by atoms with Crippen molar-refractivity contribution in [2.75, 3.05) is 10.2 Å². The molecule has 5 aromatic carbocycles. The second-order valence-electron chi connectivity index (χ2n) is 11.0. The normalized spacial score (nSPS) is 13.5. The van der Waals surface area contributed by atoms with E-state index in [9.17, 15) is 30.7 Å². The van der Waals surface area contributed by atoms with Gasteiger partial charge in [-0.2, -0.15) is 26.3 Å². The molecule has 1 aromatic heterocycles. The van der Waals surface area contributed by atoms with Gasteiger partial charge in [-0.25, -0.2) is 0 Å². The summed E-state index contributed by atoms with van der Waals surface area (Å²) >= 11 is 0. The van der Waals surface area contributed by atoms with E-state index in [4.69, 9.17) is 0 Å². The lowest BCUT2D eigenvalue weighted by Crippen LogP contribution is -2.37. The van der Waals surface area contributed by atoms with Gasteiger partial charge in [0.1, 0.15) is 0 Å². The first-order chi connectivity index (χ1) is 23.0. The van der Waals surface area contributed by atoms with Crippen molar-refractivity contribution in [3.05, 3.63) is 144 Å². The van der Waals surface area contributed by atoms with E-state index >= 15 is 0 Å². The highest BCUT2D eigenvalue weighted by molar-refractivity contribution is 6.27. The number of benzene rings is 5. The highest BCUT2D eigenvalue weighted by atomic mass is 19.4. The molecule has 0 unspecified atom stereocenters. The molecule has 2 heterocycles. The van der Waals surface area contributed by atoms with Crippen LogP contribution in [-0.4, -0.2) is 13.5 Å². The summed E-state index contributed by atoms with van der Waals surface area (Å²) in [5, 5.41) is 1.59. The molecular weight excluding hydrogens is 632 g/mol. The number of hydrogen-bond donors (Lipinski definition) is 1. The van der Waals surface area contributed by atoms with Gasteiger partial charge in [0.2, 0.25) is 0 Å². The zero-order valence-electron chi connectivity index (χ0n) is 24.7. The summed E-state index contributed by atoms with van der Waals surface area (Å²) in [6, 6.07) is 34.0. The highest BCUT2D eigenvalue weighted by Crippen LogP contribution is 2.47. The number of aromatic nitrogens is 1. The lowest BCUT2D eigenvalue weighted by molar-refractivity contribution is -0.521. The van der Waals surface area contributed by atoms with Crippen LogP contribution in [0.25, 0.3) is 21.9 Å². The van der Waals surface area contributed by atoms with Gasteiger partial charge >= 0.3 is 25.9 Å². The molecule has 6 aromatic rings. The predicted octanol–water partition coefficient (Wildman–Crippen LogP) is 10.2. The number of pyridine rings is 1. The summed E-state index contributed by atoms with van der Waals surface area (Å²) in [6.07, 6.45) is -8.57. The topological polar surface area (TPSA) is 31.5 Å². The summed E-state index contributed by atoms with van der Waals surface area (Å²) < 4.78 is 98.4. The zero-order valence-corrected chi connectivity index (χ0v) is 24.7. The largest absolute Gasteiger partial charge is 0.640 e. The Morgan fingerprint density at radius 2 is 1.12 bits per heavy atom. The van der Waals surface area contributed by atoms with Gasteiger partial charge in [-0.3, -0.25) is 8.79 Å². The molecule has 0 fully saturated rings. The average molecular weight is 654 g/mol. The quantitative estimate of drug-likeness (QED) is 0.143. The third-order valence-corrected chi connectivity index (χ3v) is 8.05. The number of hydrogen-bond acceptors (Lipinski definition) is 2. The number of alkyl halides is 6. The number of para-hydroxylation sites is 2. The van der Waals surface area contributed by atoms with Gasteiger partial charge in [-0.05, 0) is 77.3 Å². The number of rotatable bonds is 6. The fourth-order valence-corrected chi connectivity index (χ4v) is 5.92. The molecule has 237 valence electrons. The van der Waals surface area contributed by atoms with Crippen LogP contribution in [0.4, 0.5) is 59.2 Å². The summed E-state index contributed by atoms with van der Waals surface area (Å²) in [5.74, 6) is 0.0364. The van der Waals surface area contributed by atoms with Gasteiger partial charge in [0.15, 0.2) is 0 Å². The smallest absolute Gasteiger partial charge is 0.318 e. The van der Waals surface area contributed by atoms with Crippen molar-refractivity contribution in [3.8, 4) is 11.1 Å². The first-order valence-electron chi connectivity index (χ1n) is 14.6. The predicted molar refractivity (Wildman–Crippen MR) is 173 cm³/mol. The fourth-order valence-electron chi connectivity index (χ4n) is 5.92. The van der Waals surface area contributed by atoms with Crippen molar-refractivity contribution in [1.82, 2.24) is 0 Å². The Balaban J connectivity index is 1.24. The van der Waals surface area contributed by atoms with Crippen LogP contribution in [0.2, 0.25) is 0 Å². The molecule has 1 aliphatic heterocycles. The maximum absolute atomic E-state index is 14.3. The standard InChI is InChI=1S/C36H22BF7N4/c38-35(39,40)28-17-16-27-32-30(19-18-29(33(28)32)36(41,42)43)45-34(27)46-31-20-13-23(21-47(31)37-44)22-11-14-26(15-12-22)48(24-7-3-1-4-8-24)25-9-5-2-6-10-25/h1-21H,(H,45,46)/q+1. The van der Waals surface area contributed by atoms with Gasteiger partial charge in [-0.1, -0.05) is 48.5 Å². The van der Waals surface area contributed by atoms with Crippen LogP contribution in [0.3, 0.4) is 0 Å². The fraction of sp³-hybridized carbons (Fsp3) is 0.0556. The first-order valence-corrected chi connectivity index (χ1v) is 14.6. The van der Waals surface area contributed by atoms with Crippen LogP contribution in [0.5, 0.6) is 0 Å². The van der Waals surface area contributed by atoms with E-state index in [0.29, 0.717) is 17.7 Å². The van der Waals surface area contributed by atoms with E-state index in [2.05, 4.69) is 15.2 Å². The molecule has 48 heavy (non-hydrogen) atoms. The first kappa shape index (κ1) is 31.0.